The average molecular weight is 411 g/mol. The number of fused-ring (bicyclic) bond motifs is 2. The smallest absolute Gasteiger partial charge is 0.178 e. The second kappa shape index (κ2) is 9.08. The third kappa shape index (κ3) is 4.58. The van der Waals surface area contributed by atoms with Crippen molar-refractivity contribution in [3.63, 3.8) is 0 Å². The minimum atomic E-state index is 0.480. The first-order chi connectivity index (χ1) is 14.2. The van der Waals surface area contributed by atoms with Crippen LogP contribution in [0.1, 0.15) is 16.9 Å². The van der Waals surface area contributed by atoms with Crippen molar-refractivity contribution in [2.75, 3.05) is 38.7 Å². The van der Waals surface area contributed by atoms with E-state index >= 15 is 0 Å². The molecule has 1 aliphatic rings. The van der Waals surface area contributed by atoms with Gasteiger partial charge in [0, 0.05) is 37.0 Å². The Labute approximate surface area is 172 Å². The molecule has 5 rings (SSSR count). The molecule has 0 atom stereocenters. The molecule has 1 fully saturated rings. The fourth-order valence-electron chi connectivity index (χ4n) is 3.07. The summed E-state index contributed by atoms with van der Waals surface area (Å²) in [6.45, 7) is 4.15. The van der Waals surface area contributed by atoms with Crippen molar-refractivity contribution in [3.8, 4) is 0 Å². The van der Waals surface area contributed by atoms with Crippen LogP contribution < -0.4 is 5.32 Å². The van der Waals surface area contributed by atoms with E-state index in [1.807, 2.05) is 30.3 Å². The summed E-state index contributed by atoms with van der Waals surface area (Å²) in [4.78, 5) is 17.5. The molecule has 4 heterocycles. The maximum absolute atomic E-state index is 10.9. The molecule has 0 saturated carbocycles. The third-order valence-electron chi connectivity index (χ3n) is 4.64. The summed E-state index contributed by atoms with van der Waals surface area (Å²) in [6, 6.07) is 9.50. The first kappa shape index (κ1) is 19.4. The van der Waals surface area contributed by atoms with E-state index in [4.69, 9.17) is 4.74 Å². The van der Waals surface area contributed by atoms with Crippen LogP contribution in [0, 0.1) is 0 Å². The molecule has 0 unspecified atom stereocenters. The summed E-state index contributed by atoms with van der Waals surface area (Å²) in [5.74, 6) is 0.671. The number of nitrogens with zero attached hydrogens (tertiary/aromatic N) is 4. The van der Waals surface area contributed by atoms with Crippen molar-refractivity contribution < 1.29 is 9.53 Å². The summed E-state index contributed by atoms with van der Waals surface area (Å²) in [6.07, 6.45) is 3.69. The Kier molecular flexibility index (Phi) is 6.09. The van der Waals surface area contributed by atoms with Gasteiger partial charge in [0.15, 0.2) is 12.1 Å². The molecule has 29 heavy (non-hydrogen) atoms. The van der Waals surface area contributed by atoms with Crippen molar-refractivity contribution in [3.05, 3.63) is 42.2 Å². The van der Waals surface area contributed by atoms with Gasteiger partial charge < -0.3 is 15.0 Å². The minimum absolute atomic E-state index is 0.480. The lowest BCUT2D eigenvalue weighted by atomic mass is 10.2. The highest BCUT2D eigenvalue weighted by atomic mass is 32.1. The molecule has 0 amide bonds. The maximum Gasteiger partial charge on any atom is 0.178 e. The molecule has 2 N–H and O–H groups in total. The largest absolute Gasteiger partial charge is 0.380 e. The normalized spacial score (nSPS) is 14.9. The zero-order chi connectivity index (χ0) is 20.1. The lowest BCUT2D eigenvalue weighted by molar-refractivity contribution is 0.112. The van der Waals surface area contributed by atoms with E-state index < -0.39 is 0 Å². The summed E-state index contributed by atoms with van der Waals surface area (Å²) in [5, 5.41) is 11.3. The minimum Gasteiger partial charge on any atom is -0.380 e. The van der Waals surface area contributed by atoms with Crippen LogP contribution in [0.3, 0.4) is 0 Å². The monoisotopic (exact) mass is 410 g/mol. The highest BCUT2D eigenvalue weighted by Gasteiger charge is 2.09. The Morgan fingerprint density at radius 2 is 2.21 bits per heavy atom. The first-order valence-corrected chi connectivity index (χ1v) is 10.2. The van der Waals surface area contributed by atoms with Gasteiger partial charge >= 0.3 is 0 Å². The van der Waals surface area contributed by atoms with E-state index in [1.54, 1.807) is 6.20 Å². The second-order valence-corrected chi connectivity index (χ2v) is 7.57. The van der Waals surface area contributed by atoms with Crippen LogP contribution in [0.4, 0.5) is 11.5 Å². The number of nitrogens with one attached hydrogen (secondary N) is 2. The number of aromatic nitrogens is 4. The molecule has 0 aliphatic carbocycles. The lowest BCUT2D eigenvalue weighted by Gasteiger charge is -2.09. The molecule has 1 aliphatic heterocycles. The number of likely N-dealkylation sites (N-methyl/N-ethyl adjacent to an activating group) is 1. The number of aromatic amines is 1. The molecule has 0 bridgehead atoms. The summed E-state index contributed by atoms with van der Waals surface area (Å²) in [7, 11) is 2.13. The van der Waals surface area contributed by atoms with E-state index in [0.717, 1.165) is 52.9 Å². The Bertz CT molecular complexity index is 1100. The van der Waals surface area contributed by atoms with Crippen LogP contribution in [0.2, 0.25) is 0 Å². The first-order valence-electron chi connectivity index (χ1n) is 9.41. The van der Waals surface area contributed by atoms with Gasteiger partial charge in [0.05, 0.1) is 16.8 Å². The quantitative estimate of drug-likeness (QED) is 0.499. The molecule has 150 valence electrons. The number of H-pyrrole nitrogens is 1. The lowest BCUT2D eigenvalue weighted by Crippen LogP contribution is -2.20. The van der Waals surface area contributed by atoms with Gasteiger partial charge in [0.2, 0.25) is 0 Å². The van der Waals surface area contributed by atoms with Crippen LogP contribution in [0.25, 0.3) is 21.1 Å². The summed E-state index contributed by atoms with van der Waals surface area (Å²) in [5.41, 5.74) is 3.02. The fraction of sp³-hybridized carbons (Fsp3) is 0.300. The predicted octanol–water partition coefficient (Wildman–Crippen LogP) is 3.46. The molecular weight excluding hydrogens is 388 g/mol. The number of carbonyl (C=O) groups is 1. The van der Waals surface area contributed by atoms with Crippen molar-refractivity contribution in [2.45, 2.75) is 6.42 Å². The summed E-state index contributed by atoms with van der Waals surface area (Å²) < 4.78 is 10.3. The van der Waals surface area contributed by atoms with Gasteiger partial charge in [0.25, 0.3) is 0 Å². The van der Waals surface area contributed by atoms with Crippen molar-refractivity contribution in [2.24, 2.45) is 0 Å². The van der Waals surface area contributed by atoms with E-state index in [0.29, 0.717) is 11.5 Å². The SMILES string of the molecule is CN1CCCOCC1.O=Cc1nsc2cc(Nc3n[nH]c4cccnc34)ccc12. The number of hydrogen-bond acceptors (Lipinski definition) is 8. The number of aldehydes is 1. The Hall–Kier alpha value is -2.88. The summed E-state index contributed by atoms with van der Waals surface area (Å²) >= 11 is 1.30. The molecular formula is C20H22N6O2S. The van der Waals surface area contributed by atoms with Crippen LogP contribution in [-0.4, -0.2) is 64.1 Å². The molecule has 0 radical (unpaired) electrons. The number of carbonyl (C=O) groups excluding carboxylic acids is 1. The molecule has 3 aromatic heterocycles. The molecule has 0 spiro atoms. The number of hydrogen-bond donors (Lipinski definition) is 2. The number of rotatable bonds is 3. The highest BCUT2D eigenvalue weighted by molar-refractivity contribution is 7.13. The van der Waals surface area contributed by atoms with Crippen LogP contribution >= 0.6 is 11.5 Å². The highest BCUT2D eigenvalue weighted by Crippen LogP contribution is 2.28. The Morgan fingerprint density at radius 3 is 3.10 bits per heavy atom. The number of ether oxygens (including phenoxy) is 1. The number of benzene rings is 1. The van der Waals surface area contributed by atoms with E-state index in [1.165, 1.54) is 24.5 Å². The van der Waals surface area contributed by atoms with Gasteiger partial charge in [-0.3, -0.25) is 14.9 Å². The van der Waals surface area contributed by atoms with Crippen LogP contribution in [0.15, 0.2) is 36.5 Å². The van der Waals surface area contributed by atoms with Crippen molar-refractivity contribution in [1.29, 1.82) is 0 Å². The van der Waals surface area contributed by atoms with E-state index in [2.05, 4.69) is 36.8 Å². The second-order valence-electron chi connectivity index (χ2n) is 6.76. The zero-order valence-corrected chi connectivity index (χ0v) is 16.9. The van der Waals surface area contributed by atoms with Gasteiger partial charge in [0.1, 0.15) is 11.2 Å². The predicted molar refractivity (Wildman–Crippen MR) is 115 cm³/mol. The molecule has 1 aromatic carbocycles. The van der Waals surface area contributed by atoms with Crippen molar-refractivity contribution in [1.82, 2.24) is 24.5 Å². The van der Waals surface area contributed by atoms with Gasteiger partial charge in [-0.15, -0.1) is 0 Å². The zero-order valence-electron chi connectivity index (χ0n) is 16.1. The van der Waals surface area contributed by atoms with Gasteiger partial charge in [-0.2, -0.15) is 9.47 Å². The topological polar surface area (TPSA) is 96.0 Å². The standard InChI is InChI=1S/C14H9N5OS.C6H13NO/c20-7-11-9-4-3-8(6-12(9)21-19-11)16-14-13-10(17-18-14)2-1-5-15-13;1-7-3-2-5-8-6-4-7/h1-7H,(H2,16,17,18);2-6H2,1H3. The maximum atomic E-state index is 10.9. The molecule has 4 aromatic rings. The van der Waals surface area contributed by atoms with Gasteiger partial charge in [-0.25, -0.2) is 0 Å². The number of pyridine rings is 1. The molecule has 9 heteroatoms. The van der Waals surface area contributed by atoms with E-state index in [9.17, 15) is 4.79 Å². The third-order valence-corrected chi connectivity index (χ3v) is 5.46. The molecule has 1 saturated heterocycles. The van der Waals surface area contributed by atoms with Crippen LogP contribution in [-0.2, 0) is 4.74 Å². The van der Waals surface area contributed by atoms with Crippen LogP contribution in [0.5, 0.6) is 0 Å². The van der Waals surface area contributed by atoms with E-state index in [-0.39, 0.29) is 0 Å². The molecule has 8 nitrogen and oxygen atoms in total. The number of anilines is 2. The fourth-order valence-corrected chi connectivity index (χ4v) is 3.86. The Morgan fingerprint density at radius 1 is 1.28 bits per heavy atom. The van der Waals surface area contributed by atoms with Crippen molar-refractivity contribution >= 4 is 50.4 Å². The Balaban J connectivity index is 0.000000216. The van der Waals surface area contributed by atoms with Gasteiger partial charge in [-0.05, 0) is 55.3 Å². The van der Waals surface area contributed by atoms with Gasteiger partial charge in [-0.1, -0.05) is 0 Å². The average Bonchev–Trinajstić information content (AvgIpc) is 3.26.